The molecule has 0 bridgehead atoms. The minimum Gasteiger partial charge on any atom is -0.497 e. The van der Waals surface area contributed by atoms with E-state index in [1.807, 2.05) is 0 Å². The third-order valence-corrected chi connectivity index (χ3v) is 4.83. The molecule has 2 aromatic carbocycles. The summed E-state index contributed by atoms with van der Waals surface area (Å²) < 4.78 is 21.3. The second-order valence-corrected chi connectivity index (χ2v) is 6.80. The number of non-ortho nitro benzene ring substituents is 1. The topological polar surface area (TPSA) is 138 Å². The van der Waals surface area contributed by atoms with Gasteiger partial charge in [-0.25, -0.2) is 9.59 Å². The number of carbonyl (C=O) groups excluding carboxylic acids is 2. The van der Waals surface area contributed by atoms with Crippen LogP contribution in [0.4, 0.5) is 10.5 Å². The highest BCUT2D eigenvalue weighted by Gasteiger charge is 2.34. The van der Waals surface area contributed by atoms with Gasteiger partial charge >= 0.3 is 12.0 Å². The highest BCUT2D eigenvalue weighted by molar-refractivity contribution is 5.95. The molecule has 0 fully saturated rings. The van der Waals surface area contributed by atoms with Gasteiger partial charge in [0, 0.05) is 6.07 Å². The fourth-order valence-corrected chi connectivity index (χ4v) is 3.27. The number of nitrogens with zero attached hydrogens (tertiary/aromatic N) is 1. The van der Waals surface area contributed by atoms with Crippen molar-refractivity contribution in [2.45, 2.75) is 13.0 Å². The van der Waals surface area contributed by atoms with Gasteiger partial charge in [0.15, 0.2) is 11.5 Å². The van der Waals surface area contributed by atoms with Gasteiger partial charge in [0.05, 0.1) is 49.1 Å². The Morgan fingerprint density at radius 2 is 1.82 bits per heavy atom. The van der Waals surface area contributed by atoms with Gasteiger partial charge in [-0.05, 0) is 30.7 Å². The van der Waals surface area contributed by atoms with Crippen molar-refractivity contribution in [2.24, 2.45) is 0 Å². The van der Waals surface area contributed by atoms with Crippen molar-refractivity contribution in [3.8, 4) is 17.2 Å². The second kappa shape index (κ2) is 10.4. The number of amides is 2. The van der Waals surface area contributed by atoms with E-state index in [4.69, 9.17) is 18.9 Å². The predicted octanol–water partition coefficient (Wildman–Crippen LogP) is 2.86. The molecular weight excluding hydrogens is 434 g/mol. The minimum absolute atomic E-state index is 0.0798. The molecule has 11 heteroatoms. The standard InChI is InChI=1S/C22H23N3O8/c1-4-32-21(26)19-16(12-33-18-11-14(25(28)29)7-10-17(18)31-3)23-22(27)24-20(19)13-5-8-15(30-2)9-6-13/h5-11,20H,4,12H2,1-3H3,(H2,23,24,27). The Balaban J connectivity index is 1.99. The number of hydrogen-bond acceptors (Lipinski definition) is 8. The van der Waals surface area contributed by atoms with E-state index < -0.39 is 23.0 Å². The van der Waals surface area contributed by atoms with Crippen LogP contribution < -0.4 is 24.8 Å². The number of methoxy groups -OCH3 is 2. The summed E-state index contributed by atoms with van der Waals surface area (Å²) in [5.74, 6) is 0.305. The van der Waals surface area contributed by atoms with Crippen molar-refractivity contribution in [2.75, 3.05) is 27.4 Å². The van der Waals surface area contributed by atoms with Crippen LogP contribution in [0.25, 0.3) is 0 Å². The number of hydrogen-bond donors (Lipinski definition) is 2. The summed E-state index contributed by atoms with van der Waals surface area (Å²) in [7, 11) is 2.92. The van der Waals surface area contributed by atoms with Crippen LogP contribution in [0.15, 0.2) is 53.7 Å². The quantitative estimate of drug-likeness (QED) is 0.333. The molecule has 0 radical (unpaired) electrons. The van der Waals surface area contributed by atoms with E-state index in [9.17, 15) is 19.7 Å². The van der Waals surface area contributed by atoms with Crippen molar-refractivity contribution < 1.29 is 33.5 Å². The summed E-state index contributed by atoms with van der Waals surface area (Å²) >= 11 is 0. The van der Waals surface area contributed by atoms with Crippen molar-refractivity contribution in [1.82, 2.24) is 10.6 Å². The van der Waals surface area contributed by atoms with Crippen molar-refractivity contribution in [3.63, 3.8) is 0 Å². The van der Waals surface area contributed by atoms with Crippen LogP contribution in [0.2, 0.25) is 0 Å². The largest absolute Gasteiger partial charge is 0.497 e. The molecule has 33 heavy (non-hydrogen) atoms. The molecule has 1 unspecified atom stereocenters. The highest BCUT2D eigenvalue weighted by Crippen LogP contribution is 2.33. The molecule has 11 nitrogen and oxygen atoms in total. The van der Waals surface area contributed by atoms with Crippen molar-refractivity contribution in [3.05, 3.63) is 69.4 Å². The van der Waals surface area contributed by atoms with Gasteiger partial charge in [0.25, 0.3) is 5.69 Å². The number of esters is 1. The second-order valence-electron chi connectivity index (χ2n) is 6.80. The van der Waals surface area contributed by atoms with E-state index in [2.05, 4.69) is 10.6 Å². The SMILES string of the molecule is CCOC(=O)C1=C(COc2cc([N+](=O)[O-])ccc2OC)NC(=O)NC1c1ccc(OC)cc1. The lowest BCUT2D eigenvalue weighted by atomic mass is 9.95. The Bertz CT molecular complexity index is 1080. The smallest absolute Gasteiger partial charge is 0.338 e. The molecule has 2 aromatic rings. The number of nitro benzene ring substituents is 1. The number of benzene rings is 2. The molecule has 0 saturated heterocycles. The molecule has 1 atom stereocenters. The van der Waals surface area contributed by atoms with Crippen LogP contribution in [0.5, 0.6) is 17.2 Å². The molecule has 0 spiro atoms. The minimum atomic E-state index is -0.811. The van der Waals surface area contributed by atoms with Gasteiger partial charge in [-0.1, -0.05) is 12.1 Å². The summed E-state index contributed by atoms with van der Waals surface area (Å²) in [5, 5.41) is 16.4. The average molecular weight is 457 g/mol. The van der Waals surface area contributed by atoms with E-state index in [0.717, 1.165) is 0 Å². The Kier molecular flexibility index (Phi) is 7.34. The fraction of sp³-hybridized carbons (Fsp3) is 0.273. The molecule has 2 N–H and O–H groups in total. The summed E-state index contributed by atoms with van der Waals surface area (Å²) in [4.78, 5) is 35.8. The fourth-order valence-electron chi connectivity index (χ4n) is 3.27. The predicted molar refractivity (Wildman–Crippen MR) is 116 cm³/mol. The lowest BCUT2D eigenvalue weighted by molar-refractivity contribution is -0.385. The Morgan fingerprint density at radius 3 is 2.42 bits per heavy atom. The number of rotatable bonds is 9. The van der Waals surface area contributed by atoms with Gasteiger partial charge in [0.1, 0.15) is 12.4 Å². The molecule has 0 aliphatic carbocycles. The van der Waals surface area contributed by atoms with E-state index in [1.165, 1.54) is 32.4 Å². The molecule has 0 aromatic heterocycles. The van der Waals surface area contributed by atoms with Crippen LogP contribution in [0.1, 0.15) is 18.5 Å². The van der Waals surface area contributed by atoms with Crippen LogP contribution in [0, 0.1) is 10.1 Å². The number of ether oxygens (including phenoxy) is 4. The third kappa shape index (κ3) is 5.32. The monoisotopic (exact) mass is 457 g/mol. The van der Waals surface area contributed by atoms with Gasteiger partial charge < -0.3 is 29.6 Å². The molecule has 174 valence electrons. The molecule has 1 aliphatic heterocycles. The first kappa shape index (κ1) is 23.4. The summed E-state index contributed by atoms with van der Waals surface area (Å²) in [6.07, 6.45) is 0. The van der Waals surface area contributed by atoms with Crippen LogP contribution in [-0.2, 0) is 9.53 Å². The number of urea groups is 1. The molecule has 0 saturated carbocycles. The Hall–Kier alpha value is -4.28. The normalized spacial score (nSPS) is 15.2. The van der Waals surface area contributed by atoms with E-state index in [-0.39, 0.29) is 41.7 Å². The first-order valence-electron chi connectivity index (χ1n) is 9.94. The molecule has 1 heterocycles. The van der Waals surface area contributed by atoms with Crippen LogP contribution in [-0.4, -0.2) is 44.4 Å². The highest BCUT2D eigenvalue weighted by atomic mass is 16.6. The first-order valence-corrected chi connectivity index (χ1v) is 9.94. The lowest BCUT2D eigenvalue weighted by Crippen LogP contribution is -2.47. The van der Waals surface area contributed by atoms with Gasteiger partial charge in [0.2, 0.25) is 0 Å². The number of nitro groups is 1. The lowest BCUT2D eigenvalue weighted by Gasteiger charge is -2.29. The maximum Gasteiger partial charge on any atom is 0.338 e. The maximum absolute atomic E-state index is 12.8. The van der Waals surface area contributed by atoms with Gasteiger partial charge in [-0.2, -0.15) is 0 Å². The van der Waals surface area contributed by atoms with Crippen LogP contribution >= 0.6 is 0 Å². The zero-order valence-corrected chi connectivity index (χ0v) is 18.2. The maximum atomic E-state index is 12.8. The summed E-state index contributed by atoms with van der Waals surface area (Å²) in [5.41, 5.74) is 0.729. The number of nitrogens with one attached hydrogen (secondary N) is 2. The Morgan fingerprint density at radius 1 is 1.09 bits per heavy atom. The first-order chi connectivity index (χ1) is 15.9. The average Bonchev–Trinajstić information content (AvgIpc) is 2.82. The van der Waals surface area contributed by atoms with E-state index in [1.54, 1.807) is 31.2 Å². The summed E-state index contributed by atoms with van der Waals surface area (Å²) in [6, 6.07) is 9.37. The Labute approximate surface area is 189 Å². The van der Waals surface area contributed by atoms with E-state index >= 15 is 0 Å². The van der Waals surface area contributed by atoms with E-state index in [0.29, 0.717) is 11.3 Å². The zero-order valence-electron chi connectivity index (χ0n) is 18.2. The van der Waals surface area contributed by atoms with Crippen LogP contribution in [0.3, 0.4) is 0 Å². The van der Waals surface area contributed by atoms with Crippen molar-refractivity contribution in [1.29, 1.82) is 0 Å². The molecule has 2 amide bonds. The van der Waals surface area contributed by atoms with Crippen molar-refractivity contribution >= 4 is 17.7 Å². The third-order valence-electron chi connectivity index (χ3n) is 4.83. The molecular formula is C22H23N3O8. The zero-order chi connectivity index (χ0) is 24.0. The number of carbonyl (C=O) groups is 2. The summed E-state index contributed by atoms with van der Waals surface area (Å²) in [6.45, 7) is 1.52. The van der Waals surface area contributed by atoms with Gasteiger partial charge in [-0.15, -0.1) is 0 Å². The molecule has 3 rings (SSSR count). The molecule has 1 aliphatic rings. The van der Waals surface area contributed by atoms with Gasteiger partial charge in [-0.3, -0.25) is 10.1 Å².